The van der Waals surface area contributed by atoms with Gasteiger partial charge in [-0.25, -0.2) is 4.98 Å². The smallest absolute Gasteiger partial charge is 0.129 e. The van der Waals surface area contributed by atoms with E-state index in [0.29, 0.717) is 18.5 Å². The van der Waals surface area contributed by atoms with Crippen LogP contribution in [0.2, 0.25) is 0 Å². The van der Waals surface area contributed by atoms with Crippen LogP contribution in [0, 0.1) is 0 Å². The summed E-state index contributed by atoms with van der Waals surface area (Å²) < 4.78 is 0. The molecule has 2 rings (SSSR count). The van der Waals surface area contributed by atoms with Crippen LogP contribution < -0.4 is 10.6 Å². The minimum atomic E-state index is 0.315. The van der Waals surface area contributed by atoms with Crippen LogP contribution in [0.4, 0.5) is 5.82 Å². The van der Waals surface area contributed by atoms with E-state index in [1.165, 1.54) is 4.88 Å². The van der Waals surface area contributed by atoms with Crippen LogP contribution in [0.15, 0.2) is 29.6 Å². The Balaban J connectivity index is 2.33. The van der Waals surface area contributed by atoms with Gasteiger partial charge in [0.2, 0.25) is 0 Å². The average molecular weight is 289 g/mol. The van der Waals surface area contributed by atoms with E-state index in [-0.39, 0.29) is 0 Å². The van der Waals surface area contributed by atoms with Crippen molar-refractivity contribution in [3.8, 4) is 0 Å². The van der Waals surface area contributed by atoms with Crippen LogP contribution in [0.3, 0.4) is 0 Å². The van der Waals surface area contributed by atoms with Crippen molar-refractivity contribution in [3.63, 3.8) is 0 Å². The highest BCUT2D eigenvalue weighted by molar-refractivity contribution is 7.10. The Hall–Kier alpha value is -1.39. The van der Waals surface area contributed by atoms with E-state index < -0.39 is 0 Å². The van der Waals surface area contributed by atoms with E-state index in [9.17, 15) is 0 Å². The van der Waals surface area contributed by atoms with Gasteiger partial charge < -0.3 is 10.6 Å². The fourth-order valence-electron chi connectivity index (χ4n) is 2.11. The van der Waals surface area contributed by atoms with E-state index >= 15 is 0 Å². The molecule has 2 N–H and O–H groups in total. The molecule has 0 radical (unpaired) electrons. The number of rotatable bonds is 5. The Labute approximate surface area is 125 Å². The van der Waals surface area contributed by atoms with Crippen molar-refractivity contribution >= 4 is 17.2 Å². The summed E-state index contributed by atoms with van der Waals surface area (Å²) in [6.07, 6.45) is 0. The summed E-state index contributed by atoms with van der Waals surface area (Å²) in [6.45, 7) is 7.08. The molecule has 0 aliphatic carbocycles. The molecule has 4 heteroatoms. The van der Waals surface area contributed by atoms with Gasteiger partial charge in [-0.1, -0.05) is 19.9 Å². The van der Waals surface area contributed by atoms with Crippen molar-refractivity contribution in [3.05, 3.63) is 45.8 Å². The van der Waals surface area contributed by atoms with Gasteiger partial charge in [-0.05, 0) is 42.0 Å². The summed E-state index contributed by atoms with van der Waals surface area (Å²) in [5, 5.41) is 2.11. The second-order valence-electron chi connectivity index (χ2n) is 5.42. The molecular weight excluding hydrogens is 266 g/mol. The van der Waals surface area contributed by atoms with E-state index in [1.807, 2.05) is 0 Å². The van der Waals surface area contributed by atoms with Crippen molar-refractivity contribution in [2.45, 2.75) is 39.3 Å². The normalized spacial score (nSPS) is 12.7. The van der Waals surface area contributed by atoms with E-state index in [2.05, 4.69) is 62.4 Å². The number of anilines is 1. The lowest BCUT2D eigenvalue weighted by Gasteiger charge is -2.26. The fraction of sp³-hybridized carbons (Fsp3) is 0.438. The highest BCUT2D eigenvalue weighted by Crippen LogP contribution is 2.28. The molecule has 0 aromatic carbocycles. The Morgan fingerprint density at radius 1 is 1.30 bits per heavy atom. The van der Waals surface area contributed by atoms with Gasteiger partial charge in [0.25, 0.3) is 0 Å². The maximum atomic E-state index is 5.81. The Morgan fingerprint density at radius 3 is 2.60 bits per heavy atom. The maximum absolute atomic E-state index is 5.81. The monoisotopic (exact) mass is 289 g/mol. The first kappa shape index (κ1) is 15.0. The number of aromatic nitrogens is 1. The van der Waals surface area contributed by atoms with Gasteiger partial charge >= 0.3 is 0 Å². The van der Waals surface area contributed by atoms with Crippen molar-refractivity contribution < 1.29 is 0 Å². The topological polar surface area (TPSA) is 42.1 Å². The van der Waals surface area contributed by atoms with Gasteiger partial charge in [0.15, 0.2) is 0 Å². The molecule has 0 aliphatic rings. The summed E-state index contributed by atoms with van der Waals surface area (Å²) in [6, 6.07) is 8.78. The Morgan fingerprint density at radius 2 is 2.05 bits per heavy atom. The third kappa shape index (κ3) is 3.19. The van der Waals surface area contributed by atoms with Gasteiger partial charge in [-0.3, -0.25) is 0 Å². The molecule has 108 valence electrons. The first-order valence-corrected chi connectivity index (χ1v) is 7.88. The molecular formula is C16H23N3S. The molecule has 0 spiro atoms. The van der Waals surface area contributed by atoms with Crippen molar-refractivity contribution in [2.75, 3.05) is 11.9 Å². The Bertz CT molecular complexity index is 549. The molecule has 0 fully saturated rings. The lowest BCUT2D eigenvalue weighted by atomic mass is 10.1. The number of nitrogens with two attached hydrogens (primary N) is 1. The molecule has 0 saturated carbocycles. The molecule has 2 aromatic rings. The van der Waals surface area contributed by atoms with Gasteiger partial charge in [0.1, 0.15) is 5.82 Å². The number of nitrogens with zero attached hydrogens (tertiary/aromatic N) is 2. The van der Waals surface area contributed by atoms with Crippen LogP contribution in [-0.2, 0) is 6.54 Å². The SMILES string of the molecule is CC(C)c1cc(CN)cc(N(C)C(C)c2cccs2)n1. The predicted molar refractivity (Wildman–Crippen MR) is 87.4 cm³/mol. The Kier molecular flexibility index (Phi) is 4.78. The molecule has 0 saturated heterocycles. The number of hydrogen-bond acceptors (Lipinski definition) is 4. The molecule has 0 bridgehead atoms. The van der Waals surface area contributed by atoms with Gasteiger partial charge in [-0.2, -0.15) is 0 Å². The molecule has 20 heavy (non-hydrogen) atoms. The first-order valence-electron chi connectivity index (χ1n) is 7.00. The van der Waals surface area contributed by atoms with Crippen LogP contribution in [-0.4, -0.2) is 12.0 Å². The predicted octanol–water partition coefficient (Wildman–Crippen LogP) is 3.92. The quantitative estimate of drug-likeness (QED) is 0.907. The summed E-state index contributed by atoms with van der Waals surface area (Å²) >= 11 is 1.78. The highest BCUT2D eigenvalue weighted by Gasteiger charge is 2.16. The van der Waals surface area contributed by atoms with Gasteiger partial charge in [-0.15, -0.1) is 11.3 Å². The first-order chi connectivity index (χ1) is 9.52. The van der Waals surface area contributed by atoms with Crippen molar-refractivity contribution in [2.24, 2.45) is 5.73 Å². The summed E-state index contributed by atoms with van der Waals surface area (Å²) in [5.74, 6) is 1.41. The zero-order chi connectivity index (χ0) is 14.7. The third-order valence-electron chi connectivity index (χ3n) is 3.62. The molecule has 3 nitrogen and oxygen atoms in total. The van der Waals surface area contributed by atoms with Crippen molar-refractivity contribution in [1.29, 1.82) is 0 Å². The average Bonchev–Trinajstić information content (AvgIpc) is 2.99. The summed E-state index contributed by atoms with van der Waals surface area (Å²) in [4.78, 5) is 8.35. The summed E-state index contributed by atoms with van der Waals surface area (Å²) in [7, 11) is 2.09. The molecule has 0 amide bonds. The van der Waals surface area contributed by atoms with Crippen LogP contribution in [0.25, 0.3) is 0 Å². The van der Waals surface area contributed by atoms with Gasteiger partial charge in [0.05, 0.1) is 6.04 Å². The second kappa shape index (κ2) is 6.37. The lowest BCUT2D eigenvalue weighted by Crippen LogP contribution is -2.22. The molecule has 2 heterocycles. The summed E-state index contributed by atoms with van der Waals surface area (Å²) in [5.41, 5.74) is 8.06. The number of pyridine rings is 1. The fourth-order valence-corrected chi connectivity index (χ4v) is 2.93. The van der Waals surface area contributed by atoms with Gasteiger partial charge in [0, 0.05) is 24.2 Å². The zero-order valence-corrected chi connectivity index (χ0v) is 13.4. The number of hydrogen-bond donors (Lipinski definition) is 1. The molecule has 0 aliphatic heterocycles. The largest absolute Gasteiger partial charge is 0.352 e. The number of thiophene rings is 1. The van der Waals surface area contributed by atoms with E-state index in [0.717, 1.165) is 17.1 Å². The zero-order valence-electron chi connectivity index (χ0n) is 12.6. The standard InChI is InChI=1S/C16H23N3S/c1-11(2)14-8-13(10-17)9-16(18-14)19(4)12(3)15-6-5-7-20-15/h5-9,11-12H,10,17H2,1-4H3. The molecule has 1 atom stereocenters. The lowest BCUT2D eigenvalue weighted by molar-refractivity contribution is 0.728. The van der Waals surface area contributed by atoms with E-state index in [1.54, 1.807) is 11.3 Å². The third-order valence-corrected chi connectivity index (χ3v) is 4.66. The molecule has 2 aromatic heterocycles. The molecule has 1 unspecified atom stereocenters. The van der Waals surface area contributed by atoms with E-state index in [4.69, 9.17) is 10.7 Å². The minimum Gasteiger partial charge on any atom is -0.352 e. The van der Waals surface area contributed by atoms with Crippen LogP contribution in [0.1, 0.15) is 48.9 Å². The van der Waals surface area contributed by atoms with Crippen molar-refractivity contribution in [1.82, 2.24) is 4.98 Å². The van der Waals surface area contributed by atoms with Crippen LogP contribution >= 0.6 is 11.3 Å². The van der Waals surface area contributed by atoms with Crippen LogP contribution in [0.5, 0.6) is 0 Å². The second-order valence-corrected chi connectivity index (χ2v) is 6.40. The highest BCUT2D eigenvalue weighted by atomic mass is 32.1. The minimum absolute atomic E-state index is 0.315. The maximum Gasteiger partial charge on any atom is 0.129 e.